The van der Waals surface area contributed by atoms with Gasteiger partial charge in [-0.25, -0.2) is 0 Å². The zero-order valence-electron chi connectivity index (χ0n) is 10.2. The normalized spacial score (nSPS) is 19.2. The van der Waals surface area contributed by atoms with Gasteiger partial charge in [0, 0.05) is 29.9 Å². The van der Waals surface area contributed by atoms with Gasteiger partial charge < -0.3 is 10.1 Å². The zero-order chi connectivity index (χ0) is 12.1. The van der Waals surface area contributed by atoms with Crippen LogP contribution in [0.25, 0.3) is 0 Å². The molecular weight excluding hydrogens is 280 g/mol. The Kier molecular flexibility index (Phi) is 4.95. The number of rotatable bonds is 4. The van der Waals surface area contributed by atoms with Crippen LogP contribution in [-0.4, -0.2) is 25.2 Å². The lowest BCUT2D eigenvalue weighted by molar-refractivity contribution is 0.0606. The van der Waals surface area contributed by atoms with Crippen LogP contribution < -0.4 is 5.32 Å². The molecule has 0 amide bonds. The maximum absolute atomic E-state index is 5.39. The quantitative estimate of drug-likeness (QED) is 0.928. The Hall–Kier alpha value is -0.450. The summed E-state index contributed by atoms with van der Waals surface area (Å²) in [4.78, 5) is 4.47. The van der Waals surface area contributed by atoms with Crippen LogP contribution in [0, 0.1) is 5.92 Å². The van der Waals surface area contributed by atoms with Gasteiger partial charge in [0.05, 0.1) is 5.69 Å². The van der Waals surface area contributed by atoms with Crippen molar-refractivity contribution in [3.63, 3.8) is 0 Å². The molecule has 1 aromatic heterocycles. The summed E-state index contributed by atoms with van der Waals surface area (Å²) in [5, 5.41) is 3.37. The van der Waals surface area contributed by atoms with Crippen molar-refractivity contribution < 1.29 is 4.74 Å². The third kappa shape index (κ3) is 3.76. The lowest BCUT2D eigenvalue weighted by atomic mass is 9.91. The van der Waals surface area contributed by atoms with Gasteiger partial charge in [-0.05, 0) is 60.3 Å². The highest BCUT2D eigenvalue weighted by Gasteiger charge is 2.20. The van der Waals surface area contributed by atoms with Gasteiger partial charge in [0.1, 0.15) is 0 Å². The predicted octanol–water partition coefficient (Wildman–Crippen LogP) is 2.92. The van der Waals surface area contributed by atoms with E-state index in [0.29, 0.717) is 6.04 Å². The molecule has 2 rings (SSSR count). The second-order valence-corrected chi connectivity index (χ2v) is 5.45. The van der Waals surface area contributed by atoms with Crippen LogP contribution in [0.1, 0.15) is 31.0 Å². The van der Waals surface area contributed by atoms with E-state index in [1.807, 2.05) is 13.2 Å². The van der Waals surface area contributed by atoms with Crippen LogP contribution in [-0.2, 0) is 4.74 Å². The second kappa shape index (κ2) is 6.47. The topological polar surface area (TPSA) is 34.1 Å². The van der Waals surface area contributed by atoms with E-state index in [1.165, 1.54) is 12.8 Å². The minimum Gasteiger partial charge on any atom is -0.381 e. The van der Waals surface area contributed by atoms with E-state index in [-0.39, 0.29) is 0 Å². The van der Waals surface area contributed by atoms with Gasteiger partial charge in [-0.2, -0.15) is 0 Å². The highest BCUT2D eigenvalue weighted by atomic mass is 79.9. The van der Waals surface area contributed by atoms with Crippen LogP contribution in [0.5, 0.6) is 0 Å². The summed E-state index contributed by atoms with van der Waals surface area (Å²) in [6.45, 7) is 1.82. The SMILES string of the molecule is CNC(CC1CCOCC1)c1ccc(Br)cn1. The fraction of sp³-hybridized carbons (Fsp3) is 0.615. The fourth-order valence-corrected chi connectivity index (χ4v) is 2.53. The Balaban J connectivity index is 1.97. The molecule has 1 aromatic rings. The van der Waals surface area contributed by atoms with Gasteiger partial charge in [-0.3, -0.25) is 4.98 Å². The van der Waals surface area contributed by atoms with E-state index in [9.17, 15) is 0 Å². The third-order valence-electron chi connectivity index (χ3n) is 3.37. The van der Waals surface area contributed by atoms with Crippen LogP contribution in [0.2, 0.25) is 0 Å². The average Bonchev–Trinajstić information content (AvgIpc) is 2.38. The van der Waals surface area contributed by atoms with Gasteiger partial charge >= 0.3 is 0 Å². The number of hydrogen-bond donors (Lipinski definition) is 1. The highest BCUT2D eigenvalue weighted by Crippen LogP contribution is 2.26. The Labute approximate surface area is 111 Å². The second-order valence-electron chi connectivity index (χ2n) is 4.53. The molecule has 17 heavy (non-hydrogen) atoms. The van der Waals surface area contributed by atoms with Gasteiger partial charge in [0.2, 0.25) is 0 Å². The van der Waals surface area contributed by atoms with Crippen LogP contribution >= 0.6 is 15.9 Å². The summed E-state index contributed by atoms with van der Waals surface area (Å²) in [6.07, 6.45) is 5.36. The first-order valence-corrected chi connectivity index (χ1v) is 6.95. The van der Waals surface area contributed by atoms with E-state index in [2.05, 4.69) is 38.4 Å². The average molecular weight is 299 g/mol. The van der Waals surface area contributed by atoms with E-state index in [0.717, 1.165) is 35.7 Å². The Bertz CT molecular complexity index is 336. The van der Waals surface area contributed by atoms with Gasteiger partial charge in [0.25, 0.3) is 0 Å². The number of nitrogens with one attached hydrogen (secondary N) is 1. The van der Waals surface area contributed by atoms with Crippen molar-refractivity contribution >= 4 is 15.9 Å². The molecule has 0 spiro atoms. The highest BCUT2D eigenvalue weighted by molar-refractivity contribution is 9.10. The molecule has 1 atom stereocenters. The molecule has 1 unspecified atom stereocenters. The Morgan fingerprint density at radius 3 is 2.82 bits per heavy atom. The lowest BCUT2D eigenvalue weighted by Crippen LogP contribution is -2.24. The monoisotopic (exact) mass is 298 g/mol. The molecule has 1 saturated heterocycles. The molecule has 0 aliphatic carbocycles. The number of halogens is 1. The molecule has 2 heterocycles. The standard InChI is InChI=1S/C13H19BrN2O/c1-15-13(8-10-4-6-17-7-5-10)12-3-2-11(14)9-16-12/h2-3,9-10,13,15H,4-8H2,1H3. The van der Waals surface area contributed by atoms with Crippen molar-refractivity contribution in [1.29, 1.82) is 0 Å². The number of pyridine rings is 1. The van der Waals surface area contributed by atoms with Crippen molar-refractivity contribution in [1.82, 2.24) is 10.3 Å². The number of nitrogens with zero attached hydrogens (tertiary/aromatic N) is 1. The molecule has 4 heteroatoms. The van der Waals surface area contributed by atoms with Gasteiger partial charge in [-0.1, -0.05) is 0 Å². The molecule has 0 bridgehead atoms. The molecule has 1 aliphatic heterocycles. The van der Waals surface area contributed by atoms with Crippen molar-refractivity contribution in [2.24, 2.45) is 5.92 Å². The molecule has 0 aromatic carbocycles. The van der Waals surface area contributed by atoms with Gasteiger partial charge in [0.15, 0.2) is 0 Å². The molecule has 0 saturated carbocycles. The van der Waals surface area contributed by atoms with E-state index >= 15 is 0 Å². The molecule has 0 radical (unpaired) electrons. The first-order valence-electron chi connectivity index (χ1n) is 6.16. The fourth-order valence-electron chi connectivity index (χ4n) is 2.30. The maximum Gasteiger partial charge on any atom is 0.0574 e. The minimum atomic E-state index is 0.353. The van der Waals surface area contributed by atoms with Crippen LogP contribution in [0.4, 0.5) is 0 Å². The van der Waals surface area contributed by atoms with Crippen molar-refractivity contribution in [2.75, 3.05) is 20.3 Å². The first-order chi connectivity index (χ1) is 8.29. The zero-order valence-corrected chi connectivity index (χ0v) is 11.7. The Morgan fingerprint density at radius 2 is 2.24 bits per heavy atom. The van der Waals surface area contributed by atoms with E-state index < -0.39 is 0 Å². The van der Waals surface area contributed by atoms with Crippen LogP contribution in [0.3, 0.4) is 0 Å². The molecule has 3 nitrogen and oxygen atoms in total. The van der Waals surface area contributed by atoms with Gasteiger partial charge in [-0.15, -0.1) is 0 Å². The van der Waals surface area contributed by atoms with E-state index in [1.54, 1.807) is 0 Å². The van der Waals surface area contributed by atoms with Crippen LogP contribution in [0.15, 0.2) is 22.8 Å². The molecule has 94 valence electrons. The summed E-state index contributed by atoms with van der Waals surface area (Å²) >= 11 is 3.42. The smallest absolute Gasteiger partial charge is 0.0574 e. The Morgan fingerprint density at radius 1 is 1.47 bits per heavy atom. The number of hydrogen-bond acceptors (Lipinski definition) is 3. The molecule has 1 N–H and O–H groups in total. The summed E-state index contributed by atoms with van der Waals surface area (Å²) in [6, 6.07) is 4.49. The first kappa shape index (κ1) is 13.0. The third-order valence-corrected chi connectivity index (χ3v) is 3.83. The van der Waals surface area contributed by atoms with E-state index in [4.69, 9.17) is 4.74 Å². The molecular formula is C13H19BrN2O. The lowest BCUT2D eigenvalue weighted by Gasteiger charge is -2.26. The molecule has 1 aliphatic rings. The number of aromatic nitrogens is 1. The largest absolute Gasteiger partial charge is 0.381 e. The van der Waals surface area contributed by atoms with Crippen molar-refractivity contribution in [3.05, 3.63) is 28.5 Å². The van der Waals surface area contributed by atoms with Crippen molar-refractivity contribution in [3.8, 4) is 0 Å². The number of ether oxygens (including phenoxy) is 1. The summed E-state index contributed by atoms with van der Waals surface area (Å²) in [5.41, 5.74) is 1.13. The predicted molar refractivity (Wildman–Crippen MR) is 71.9 cm³/mol. The maximum atomic E-state index is 5.39. The van der Waals surface area contributed by atoms with Crippen molar-refractivity contribution in [2.45, 2.75) is 25.3 Å². The summed E-state index contributed by atoms with van der Waals surface area (Å²) in [7, 11) is 2.01. The summed E-state index contributed by atoms with van der Waals surface area (Å²) < 4.78 is 6.42. The summed E-state index contributed by atoms with van der Waals surface area (Å²) in [5.74, 6) is 0.756. The molecule has 1 fully saturated rings. The minimum absolute atomic E-state index is 0.353.